The lowest BCUT2D eigenvalue weighted by molar-refractivity contribution is -0.138. The zero-order chi connectivity index (χ0) is 30.6. The minimum atomic E-state index is -4.58. The maximum atomic E-state index is 14.4. The number of ether oxygens (including phenoxy) is 1. The number of amides is 1. The lowest BCUT2D eigenvalue weighted by Crippen LogP contribution is -2.50. The SMILES string of the molecule is CN=CC1(C)CC(Cc2nncn2C)(c2cccc(N3Cc4c(cc(CN5CCO[C@H](C)C5)cc4C(F)(F)F)C3=O)c2)C1. The van der Waals surface area contributed by atoms with Crippen molar-refractivity contribution in [2.75, 3.05) is 31.6 Å². The summed E-state index contributed by atoms with van der Waals surface area (Å²) in [4.78, 5) is 21.6. The number of carbonyl (C=O) groups is 1. The number of anilines is 1. The molecular weight excluding hydrogens is 557 g/mol. The standard InChI is InChI=1S/C32H37F3N6O2/c1-21-14-40(8-9-43-21)15-22-10-25-26(27(11-22)32(33,34)35)16-41(29(25)42)24-7-5-6-23(12-24)31(13-28-38-37-20-39(28)4)17-30(2,18-31)19-36-3/h5-7,10-12,19-21H,8-9,13-18H2,1-4H3/t21-,30?,31?/m1/s1. The predicted molar refractivity (Wildman–Crippen MR) is 157 cm³/mol. The minimum absolute atomic E-state index is 0.00872. The van der Waals surface area contributed by atoms with Crippen LogP contribution in [0.25, 0.3) is 0 Å². The van der Waals surface area contributed by atoms with E-state index >= 15 is 0 Å². The van der Waals surface area contributed by atoms with Gasteiger partial charge in [0, 0.05) is 68.4 Å². The molecule has 3 aliphatic rings. The van der Waals surface area contributed by atoms with E-state index in [0.717, 1.165) is 24.2 Å². The summed E-state index contributed by atoms with van der Waals surface area (Å²) in [6.45, 7) is 6.12. The summed E-state index contributed by atoms with van der Waals surface area (Å²) in [5, 5.41) is 8.38. The van der Waals surface area contributed by atoms with Crippen LogP contribution in [0.3, 0.4) is 0 Å². The highest BCUT2D eigenvalue weighted by Crippen LogP contribution is 2.56. The van der Waals surface area contributed by atoms with Crippen molar-refractivity contribution in [3.8, 4) is 0 Å². The molecule has 2 aliphatic heterocycles. The fraction of sp³-hybridized carbons (Fsp3) is 0.500. The fourth-order valence-electron chi connectivity index (χ4n) is 7.42. The lowest BCUT2D eigenvalue weighted by atomic mass is 9.50. The van der Waals surface area contributed by atoms with Gasteiger partial charge in [0.15, 0.2) is 0 Å². The number of aryl methyl sites for hydroxylation is 1. The van der Waals surface area contributed by atoms with E-state index in [-0.39, 0.29) is 34.6 Å². The number of morpholine rings is 1. The molecule has 228 valence electrons. The Labute approximate surface area is 249 Å². The van der Waals surface area contributed by atoms with Gasteiger partial charge in [0.2, 0.25) is 0 Å². The van der Waals surface area contributed by atoms with E-state index in [1.165, 1.54) is 11.0 Å². The van der Waals surface area contributed by atoms with Crippen LogP contribution in [0.2, 0.25) is 0 Å². The predicted octanol–water partition coefficient (Wildman–Crippen LogP) is 5.20. The summed E-state index contributed by atoms with van der Waals surface area (Å²) in [5.41, 5.74) is 1.16. The number of hydrogen-bond acceptors (Lipinski definition) is 6. The summed E-state index contributed by atoms with van der Waals surface area (Å²) < 4.78 is 50.6. The molecule has 11 heteroatoms. The third-order valence-corrected chi connectivity index (χ3v) is 9.14. The normalized spacial score (nSPS) is 26.3. The van der Waals surface area contributed by atoms with E-state index in [2.05, 4.69) is 27.0 Å². The molecule has 3 heterocycles. The third kappa shape index (κ3) is 5.60. The van der Waals surface area contributed by atoms with Crippen LogP contribution in [-0.4, -0.2) is 64.6 Å². The first-order chi connectivity index (χ1) is 20.4. The highest BCUT2D eigenvalue weighted by Gasteiger charge is 2.52. The Morgan fingerprint density at radius 1 is 1.21 bits per heavy atom. The van der Waals surface area contributed by atoms with Gasteiger partial charge in [-0.2, -0.15) is 13.2 Å². The van der Waals surface area contributed by atoms with E-state index < -0.39 is 17.6 Å². The second kappa shape index (κ2) is 10.9. The number of aromatic nitrogens is 3. The molecule has 1 amide bonds. The van der Waals surface area contributed by atoms with E-state index in [1.54, 1.807) is 25.5 Å². The van der Waals surface area contributed by atoms with Crippen LogP contribution in [0.1, 0.15) is 65.1 Å². The van der Waals surface area contributed by atoms with Crippen molar-refractivity contribution in [2.45, 2.75) is 63.9 Å². The quantitative estimate of drug-likeness (QED) is 0.352. The Morgan fingerprint density at radius 2 is 2.00 bits per heavy atom. The third-order valence-electron chi connectivity index (χ3n) is 9.14. The van der Waals surface area contributed by atoms with Crippen molar-refractivity contribution < 1.29 is 22.7 Å². The van der Waals surface area contributed by atoms with Crippen molar-refractivity contribution in [1.29, 1.82) is 0 Å². The largest absolute Gasteiger partial charge is 0.416 e. The van der Waals surface area contributed by atoms with Gasteiger partial charge in [0.05, 0.1) is 24.8 Å². The average molecular weight is 595 g/mol. The molecule has 0 radical (unpaired) electrons. The highest BCUT2D eigenvalue weighted by molar-refractivity contribution is 6.10. The number of nitrogens with zero attached hydrogens (tertiary/aromatic N) is 6. The van der Waals surface area contributed by atoms with Crippen molar-refractivity contribution >= 4 is 17.8 Å². The monoisotopic (exact) mass is 594 g/mol. The zero-order valence-electron chi connectivity index (χ0n) is 25.0. The first-order valence-electron chi connectivity index (χ1n) is 14.7. The number of benzene rings is 2. The van der Waals surface area contributed by atoms with Crippen molar-refractivity contribution in [1.82, 2.24) is 19.7 Å². The van der Waals surface area contributed by atoms with Crippen molar-refractivity contribution in [3.63, 3.8) is 0 Å². The molecule has 0 bridgehead atoms. The first kappa shape index (κ1) is 29.5. The van der Waals surface area contributed by atoms with Gasteiger partial charge in [-0.25, -0.2) is 0 Å². The zero-order valence-corrected chi connectivity index (χ0v) is 25.0. The van der Waals surface area contributed by atoms with E-state index in [0.29, 0.717) is 43.9 Å². The number of aliphatic imine (C=N–C) groups is 1. The van der Waals surface area contributed by atoms with Crippen LogP contribution in [0, 0.1) is 5.41 Å². The summed E-state index contributed by atoms with van der Waals surface area (Å²) in [7, 11) is 3.68. The number of rotatable bonds is 7. The molecule has 1 saturated carbocycles. The van der Waals surface area contributed by atoms with E-state index in [9.17, 15) is 18.0 Å². The molecule has 2 fully saturated rings. The van der Waals surface area contributed by atoms with Crippen molar-refractivity contribution in [3.05, 3.63) is 76.4 Å². The van der Waals surface area contributed by atoms with Crippen LogP contribution in [0.15, 0.2) is 47.7 Å². The topological polar surface area (TPSA) is 75.8 Å². The van der Waals surface area contributed by atoms with E-state index in [1.807, 2.05) is 43.0 Å². The lowest BCUT2D eigenvalue weighted by Gasteiger charge is -2.53. The molecule has 1 saturated heterocycles. The second-order valence-corrected chi connectivity index (χ2v) is 12.7. The fourth-order valence-corrected chi connectivity index (χ4v) is 7.42. The molecule has 1 aliphatic carbocycles. The molecule has 43 heavy (non-hydrogen) atoms. The summed E-state index contributed by atoms with van der Waals surface area (Å²) in [6, 6.07) is 10.6. The molecule has 0 spiro atoms. The van der Waals surface area contributed by atoms with Gasteiger partial charge in [-0.1, -0.05) is 19.1 Å². The maximum absolute atomic E-state index is 14.4. The van der Waals surface area contributed by atoms with Gasteiger partial charge in [-0.15, -0.1) is 10.2 Å². The van der Waals surface area contributed by atoms with Crippen molar-refractivity contribution in [2.24, 2.45) is 17.5 Å². The van der Waals surface area contributed by atoms with Gasteiger partial charge in [-0.05, 0) is 60.7 Å². The Balaban J connectivity index is 1.33. The van der Waals surface area contributed by atoms with Crippen LogP contribution >= 0.6 is 0 Å². The van der Waals surface area contributed by atoms with Gasteiger partial charge < -0.3 is 19.2 Å². The maximum Gasteiger partial charge on any atom is 0.416 e. The summed E-state index contributed by atoms with van der Waals surface area (Å²) >= 11 is 0. The second-order valence-electron chi connectivity index (χ2n) is 12.7. The van der Waals surface area contributed by atoms with Gasteiger partial charge in [0.25, 0.3) is 5.91 Å². The first-order valence-corrected chi connectivity index (χ1v) is 14.7. The number of halogens is 3. The molecule has 3 aromatic rings. The summed E-state index contributed by atoms with van der Waals surface area (Å²) in [6.07, 6.45) is 1.39. The highest BCUT2D eigenvalue weighted by atomic mass is 19.4. The number of carbonyl (C=O) groups excluding carboxylic acids is 1. The molecule has 1 atom stereocenters. The Bertz CT molecular complexity index is 1560. The van der Waals surface area contributed by atoms with Crippen LogP contribution in [0.4, 0.5) is 18.9 Å². The van der Waals surface area contributed by atoms with Crippen LogP contribution in [0.5, 0.6) is 0 Å². The Hall–Kier alpha value is -3.57. The van der Waals surface area contributed by atoms with Gasteiger partial charge in [-0.3, -0.25) is 9.69 Å². The number of hydrogen-bond donors (Lipinski definition) is 0. The minimum Gasteiger partial charge on any atom is -0.376 e. The Morgan fingerprint density at radius 3 is 2.67 bits per heavy atom. The molecule has 0 unspecified atom stereocenters. The smallest absolute Gasteiger partial charge is 0.376 e. The molecule has 1 aromatic heterocycles. The van der Waals surface area contributed by atoms with Crippen LogP contribution < -0.4 is 4.90 Å². The summed E-state index contributed by atoms with van der Waals surface area (Å²) in [5.74, 6) is 0.441. The average Bonchev–Trinajstić information content (AvgIpc) is 3.49. The Kier molecular flexibility index (Phi) is 7.45. The molecule has 0 N–H and O–H groups in total. The molecular formula is C32H37F3N6O2. The molecule has 6 rings (SSSR count). The number of alkyl halides is 3. The van der Waals surface area contributed by atoms with Gasteiger partial charge in [0.1, 0.15) is 12.2 Å². The van der Waals surface area contributed by atoms with E-state index in [4.69, 9.17) is 4.74 Å². The number of fused-ring (bicyclic) bond motifs is 1. The molecule has 2 aromatic carbocycles. The van der Waals surface area contributed by atoms with Gasteiger partial charge >= 0.3 is 6.18 Å². The van der Waals surface area contributed by atoms with Crippen LogP contribution in [-0.2, 0) is 42.9 Å². The molecule has 8 nitrogen and oxygen atoms in total.